The average molecular weight is 318 g/mol. The van der Waals surface area contributed by atoms with E-state index in [2.05, 4.69) is 15.3 Å². The highest BCUT2D eigenvalue weighted by Crippen LogP contribution is 2.39. The molecule has 0 aromatic carbocycles. The number of ether oxygens (including phenoxy) is 1. The zero-order valence-corrected chi connectivity index (χ0v) is 13.2. The first-order chi connectivity index (χ1) is 10.5. The van der Waals surface area contributed by atoms with Gasteiger partial charge >= 0.3 is 5.97 Å². The Hall–Kier alpha value is -2.48. The molecule has 114 valence electrons. The van der Waals surface area contributed by atoms with E-state index in [-0.39, 0.29) is 18.4 Å². The molecule has 0 aliphatic carbocycles. The van der Waals surface area contributed by atoms with Crippen LogP contribution < -0.4 is 10.2 Å². The largest absolute Gasteiger partial charge is 0.465 e. The zero-order valence-electron chi connectivity index (χ0n) is 12.3. The molecule has 3 rings (SSSR count). The van der Waals surface area contributed by atoms with E-state index < -0.39 is 0 Å². The lowest BCUT2D eigenvalue weighted by Gasteiger charge is -2.27. The Morgan fingerprint density at radius 3 is 2.95 bits per heavy atom. The number of hydrogen-bond donors (Lipinski definition) is 1. The number of anilines is 2. The van der Waals surface area contributed by atoms with Crippen molar-refractivity contribution in [1.82, 2.24) is 9.97 Å². The number of thiophene rings is 1. The lowest BCUT2D eigenvalue weighted by atomic mass is 10.1. The van der Waals surface area contributed by atoms with E-state index in [1.807, 2.05) is 14.0 Å². The molecule has 1 aliphatic heterocycles. The van der Waals surface area contributed by atoms with Crippen LogP contribution in [0.25, 0.3) is 11.3 Å². The monoisotopic (exact) mass is 318 g/mol. The van der Waals surface area contributed by atoms with E-state index in [0.717, 1.165) is 16.1 Å². The predicted octanol–water partition coefficient (Wildman–Crippen LogP) is 1.69. The van der Waals surface area contributed by atoms with Crippen LogP contribution in [0.5, 0.6) is 0 Å². The number of nitrogens with zero attached hydrogens (tertiary/aromatic N) is 3. The number of carbonyl (C=O) groups is 2. The Morgan fingerprint density at radius 1 is 1.45 bits per heavy atom. The minimum Gasteiger partial charge on any atom is -0.465 e. The highest BCUT2D eigenvalue weighted by atomic mass is 32.1. The number of carbonyl (C=O) groups excluding carboxylic acids is 2. The number of rotatable bonds is 2. The number of methoxy groups -OCH3 is 1. The molecule has 0 unspecified atom stereocenters. The standard InChI is InChI=1S/C14H14N4O3S/c1-7-8(4-9(22-7)14(20)21-3)11-12-13(16-6-15-11)17-10(19)5-18(12)2/h4,6H,5H2,1-3H3,(H,15,16,17,19). The van der Waals surface area contributed by atoms with Crippen molar-refractivity contribution in [2.45, 2.75) is 6.92 Å². The summed E-state index contributed by atoms with van der Waals surface area (Å²) in [5.41, 5.74) is 2.28. The molecule has 1 N–H and O–H groups in total. The number of aryl methyl sites for hydroxylation is 1. The van der Waals surface area contributed by atoms with Crippen LogP contribution >= 0.6 is 11.3 Å². The van der Waals surface area contributed by atoms with Crippen LogP contribution in [0, 0.1) is 6.92 Å². The van der Waals surface area contributed by atoms with Crippen LogP contribution in [0.4, 0.5) is 11.5 Å². The third-order valence-corrected chi connectivity index (χ3v) is 4.43. The number of fused-ring (bicyclic) bond motifs is 1. The van der Waals surface area contributed by atoms with Crippen molar-refractivity contribution >= 4 is 34.7 Å². The van der Waals surface area contributed by atoms with Crippen molar-refractivity contribution < 1.29 is 14.3 Å². The summed E-state index contributed by atoms with van der Waals surface area (Å²) in [6, 6.07) is 1.76. The molecule has 1 amide bonds. The van der Waals surface area contributed by atoms with Gasteiger partial charge in [-0.05, 0) is 13.0 Å². The maximum atomic E-state index is 11.7. The molecule has 2 aromatic heterocycles. The predicted molar refractivity (Wildman–Crippen MR) is 83.3 cm³/mol. The van der Waals surface area contributed by atoms with Crippen LogP contribution in [0.15, 0.2) is 12.4 Å². The Labute approximate surface area is 130 Å². The Bertz CT molecular complexity index is 771. The highest BCUT2D eigenvalue weighted by molar-refractivity contribution is 7.14. The molecule has 0 fully saturated rings. The lowest BCUT2D eigenvalue weighted by Crippen LogP contribution is -2.36. The fourth-order valence-corrected chi connectivity index (χ4v) is 3.35. The van der Waals surface area contributed by atoms with Crippen molar-refractivity contribution in [3.8, 4) is 11.3 Å². The number of aromatic nitrogens is 2. The molecule has 0 atom stereocenters. The molecule has 3 heterocycles. The van der Waals surface area contributed by atoms with Gasteiger partial charge in [0.25, 0.3) is 0 Å². The fourth-order valence-electron chi connectivity index (χ4n) is 2.41. The Kier molecular flexibility index (Phi) is 3.53. The van der Waals surface area contributed by atoms with Gasteiger partial charge in [-0.1, -0.05) is 0 Å². The van der Waals surface area contributed by atoms with E-state index in [4.69, 9.17) is 4.74 Å². The van der Waals surface area contributed by atoms with Gasteiger partial charge in [-0.25, -0.2) is 14.8 Å². The molecular weight excluding hydrogens is 304 g/mol. The Morgan fingerprint density at radius 2 is 2.23 bits per heavy atom. The fraction of sp³-hybridized carbons (Fsp3) is 0.286. The zero-order chi connectivity index (χ0) is 15.9. The van der Waals surface area contributed by atoms with E-state index in [0.29, 0.717) is 16.4 Å². The van der Waals surface area contributed by atoms with Crippen LogP contribution in [0.1, 0.15) is 14.5 Å². The first-order valence-electron chi connectivity index (χ1n) is 6.56. The summed E-state index contributed by atoms with van der Waals surface area (Å²) in [5.74, 6) is -0.00478. The minimum absolute atomic E-state index is 0.114. The second-order valence-corrected chi connectivity index (χ2v) is 6.15. The molecule has 8 heteroatoms. The van der Waals surface area contributed by atoms with Gasteiger partial charge in [0.05, 0.1) is 13.7 Å². The van der Waals surface area contributed by atoms with Crippen LogP contribution in [0.3, 0.4) is 0 Å². The summed E-state index contributed by atoms with van der Waals surface area (Å²) in [7, 11) is 3.17. The van der Waals surface area contributed by atoms with E-state index >= 15 is 0 Å². The highest BCUT2D eigenvalue weighted by Gasteiger charge is 2.26. The van der Waals surface area contributed by atoms with Gasteiger partial charge in [0.2, 0.25) is 5.91 Å². The van der Waals surface area contributed by atoms with Crippen LogP contribution in [-0.2, 0) is 9.53 Å². The van der Waals surface area contributed by atoms with Crippen LogP contribution in [-0.4, -0.2) is 42.5 Å². The average Bonchev–Trinajstić information content (AvgIpc) is 2.87. The molecule has 0 saturated carbocycles. The van der Waals surface area contributed by atoms with Gasteiger partial charge in [-0.3, -0.25) is 4.79 Å². The van der Waals surface area contributed by atoms with E-state index in [1.54, 1.807) is 11.0 Å². The molecular formula is C14H14N4O3S. The maximum Gasteiger partial charge on any atom is 0.348 e. The third kappa shape index (κ3) is 2.31. The Balaban J connectivity index is 2.14. The SMILES string of the molecule is COC(=O)c1cc(-c2ncnc3c2N(C)CC(=O)N3)c(C)s1. The molecule has 0 saturated heterocycles. The molecule has 0 bridgehead atoms. The smallest absolute Gasteiger partial charge is 0.348 e. The third-order valence-electron chi connectivity index (χ3n) is 3.40. The summed E-state index contributed by atoms with van der Waals surface area (Å²) >= 11 is 1.35. The van der Waals surface area contributed by atoms with Gasteiger partial charge in [0.1, 0.15) is 22.6 Å². The molecule has 22 heavy (non-hydrogen) atoms. The number of hydrogen-bond acceptors (Lipinski definition) is 7. The molecule has 1 aliphatic rings. The summed E-state index contributed by atoms with van der Waals surface area (Å²) in [4.78, 5) is 35.0. The summed E-state index contributed by atoms with van der Waals surface area (Å²) in [6.45, 7) is 2.16. The van der Waals surface area contributed by atoms with Crippen molar-refractivity contribution in [3.05, 3.63) is 22.1 Å². The van der Waals surface area contributed by atoms with Gasteiger partial charge in [0, 0.05) is 17.5 Å². The first kappa shape index (κ1) is 14.5. The van der Waals surface area contributed by atoms with Gasteiger partial charge in [0.15, 0.2) is 5.82 Å². The quantitative estimate of drug-likeness (QED) is 0.848. The van der Waals surface area contributed by atoms with Gasteiger partial charge in [-0.15, -0.1) is 11.3 Å². The van der Waals surface area contributed by atoms with Gasteiger partial charge in [-0.2, -0.15) is 0 Å². The van der Waals surface area contributed by atoms with E-state index in [1.165, 1.54) is 24.8 Å². The second kappa shape index (κ2) is 5.38. The van der Waals surface area contributed by atoms with Crippen LogP contribution in [0.2, 0.25) is 0 Å². The first-order valence-corrected chi connectivity index (χ1v) is 7.38. The topological polar surface area (TPSA) is 84.4 Å². The van der Waals surface area contributed by atoms with Crippen molar-refractivity contribution in [2.24, 2.45) is 0 Å². The number of likely N-dealkylation sites (N-methyl/N-ethyl adjacent to an activating group) is 1. The summed E-state index contributed by atoms with van der Waals surface area (Å²) in [6.07, 6.45) is 1.41. The second-order valence-electron chi connectivity index (χ2n) is 4.90. The molecule has 7 nitrogen and oxygen atoms in total. The summed E-state index contributed by atoms with van der Waals surface area (Å²) in [5, 5.41) is 2.74. The maximum absolute atomic E-state index is 11.7. The number of esters is 1. The molecule has 2 aromatic rings. The number of amides is 1. The summed E-state index contributed by atoms with van der Waals surface area (Å²) < 4.78 is 4.76. The number of nitrogens with one attached hydrogen (secondary N) is 1. The van der Waals surface area contributed by atoms with Crippen molar-refractivity contribution in [3.63, 3.8) is 0 Å². The van der Waals surface area contributed by atoms with E-state index in [9.17, 15) is 9.59 Å². The molecule has 0 spiro atoms. The van der Waals surface area contributed by atoms with Gasteiger partial charge < -0.3 is 15.0 Å². The minimum atomic E-state index is -0.371. The lowest BCUT2D eigenvalue weighted by molar-refractivity contribution is -0.115. The molecule has 0 radical (unpaired) electrons. The van der Waals surface area contributed by atoms with Crippen molar-refractivity contribution in [2.75, 3.05) is 30.9 Å². The van der Waals surface area contributed by atoms with Crippen molar-refractivity contribution in [1.29, 1.82) is 0 Å². The normalized spacial score (nSPS) is 13.6.